The Morgan fingerprint density at radius 3 is 2.63 bits per heavy atom. The van der Waals surface area contributed by atoms with Crippen molar-refractivity contribution in [2.24, 2.45) is 0 Å². The standard InChI is InChI=1S/C21H24N2O4/c1-13(2)27-10-6-9-23-20(25)17(12-22)15(4)18(21(23)26)19(24)16-8-5-7-14(3)11-16/h5,7-8,11,13,26H,6,9-10H2,1-4H3. The van der Waals surface area contributed by atoms with Gasteiger partial charge in [0.2, 0.25) is 5.88 Å². The summed E-state index contributed by atoms with van der Waals surface area (Å²) in [6.45, 7) is 7.74. The molecule has 1 aromatic heterocycles. The second-order valence-corrected chi connectivity index (χ2v) is 6.74. The highest BCUT2D eigenvalue weighted by molar-refractivity contribution is 6.11. The van der Waals surface area contributed by atoms with Crippen LogP contribution in [0.5, 0.6) is 5.88 Å². The van der Waals surface area contributed by atoms with E-state index >= 15 is 0 Å². The van der Waals surface area contributed by atoms with Crippen molar-refractivity contribution in [1.29, 1.82) is 5.26 Å². The predicted octanol–water partition coefficient (Wildman–Crippen LogP) is 3.09. The zero-order valence-corrected chi connectivity index (χ0v) is 16.1. The van der Waals surface area contributed by atoms with Gasteiger partial charge in [-0.2, -0.15) is 5.26 Å². The summed E-state index contributed by atoms with van der Waals surface area (Å²) < 4.78 is 6.54. The van der Waals surface area contributed by atoms with Gasteiger partial charge in [-0.1, -0.05) is 23.8 Å². The molecule has 0 aliphatic carbocycles. The number of hydrogen-bond acceptors (Lipinski definition) is 5. The summed E-state index contributed by atoms with van der Waals surface area (Å²) in [6, 6.07) is 8.83. The number of aromatic nitrogens is 1. The van der Waals surface area contributed by atoms with Crippen LogP contribution in [0.25, 0.3) is 0 Å². The fraction of sp³-hybridized carbons (Fsp3) is 0.381. The van der Waals surface area contributed by atoms with Crippen molar-refractivity contribution in [2.45, 2.75) is 46.8 Å². The minimum Gasteiger partial charge on any atom is -0.494 e. The van der Waals surface area contributed by atoms with E-state index < -0.39 is 17.2 Å². The molecule has 0 fully saturated rings. The second-order valence-electron chi connectivity index (χ2n) is 6.74. The Balaban J connectivity index is 2.51. The number of nitriles is 1. The first-order valence-corrected chi connectivity index (χ1v) is 8.87. The Bertz CT molecular complexity index is 952. The first-order valence-electron chi connectivity index (χ1n) is 8.87. The van der Waals surface area contributed by atoms with Gasteiger partial charge in [0.25, 0.3) is 5.56 Å². The van der Waals surface area contributed by atoms with E-state index in [0.29, 0.717) is 18.6 Å². The highest BCUT2D eigenvalue weighted by atomic mass is 16.5. The number of carbonyl (C=O) groups excluding carboxylic acids is 1. The Labute approximate surface area is 158 Å². The van der Waals surface area contributed by atoms with Crippen molar-refractivity contribution in [1.82, 2.24) is 4.57 Å². The van der Waals surface area contributed by atoms with Crippen LogP contribution in [0.15, 0.2) is 29.1 Å². The maximum absolute atomic E-state index is 13.0. The minimum atomic E-state index is -0.599. The summed E-state index contributed by atoms with van der Waals surface area (Å²) in [6.07, 6.45) is 0.527. The molecular formula is C21H24N2O4. The largest absolute Gasteiger partial charge is 0.494 e. The average molecular weight is 368 g/mol. The van der Waals surface area contributed by atoms with Gasteiger partial charge in [0.05, 0.1) is 11.7 Å². The average Bonchev–Trinajstić information content (AvgIpc) is 2.61. The molecular weight excluding hydrogens is 344 g/mol. The molecule has 1 N–H and O–H groups in total. The number of pyridine rings is 1. The maximum Gasteiger partial charge on any atom is 0.271 e. The van der Waals surface area contributed by atoms with Gasteiger partial charge in [-0.05, 0) is 45.7 Å². The van der Waals surface area contributed by atoms with E-state index in [4.69, 9.17) is 4.74 Å². The lowest BCUT2D eigenvalue weighted by Gasteiger charge is -2.16. The molecule has 1 aromatic carbocycles. The molecule has 0 amide bonds. The third-order valence-electron chi connectivity index (χ3n) is 4.28. The van der Waals surface area contributed by atoms with Crippen LogP contribution in [0.1, 0.15) is 52.9 Å². The molecule has 1 heterocycles. The quantitative estimate of drug-likeness (QED) is 0.599. The van der Waals surface area contributed by atoms with Crippen LogP contribution < -0.4 is 5.56 Å². The highest BCUT2D eigenvalue weighted by Crippen LogP contribution is 2.25. The number of ketones is 1. The van der Waals surface area contributed by atoms with Crippen molar-refractivity contribution in [3.05, 3.63) is 62.4 Å². The van der Waals surface area contributed by atoms with E-state index in [0.717, 1.165) is 10.1 Å². The Morgan fingerprint density at radius 2 is 2.04 bits per heavy atom. The van der Waals surface area contributed by atoms with E-state index in [9.17, 15) is 20.0 Å². The Hall–Kier alpha value is -2.91. The lowest BCUT2D eigenvalue weighted by atomic mass is 9.96. The molecule has 6 nitrogen and oxygen atoms in total. The first kappa shape index (κ1) is 20.4. The molecule has 0 bridgehead atoms. The van der Waals surface area contributed by atoms with Crippen molar-refractivity contribution in [3.63, 3.8) is 0 Å². The molecule has 2 aromatic rings. The van der Waals surface area contributed by atoms with Crippen molar-refractivity contribution < 1.29 is 14.6 Å². The van der Waals surface area contributed by atoms with Gasteiger partial charge >= 0.3 is 0 Å². The van der Waals surface area contributed by atoms with Crippen molar-refractivity contribution in [3.8, 4) is 11.9 Å². The van der Waals surface area contributed by atoms with Gasteiger partial charge in [0.1, 0.15) is 11.6 Å². The van der Waals surface area contributed by atoms with Gasteiger partial charge in [0.15, 0.2) is 5.78 Å². The highest BCUT2D eigenvalue weighted by Gasteiger charge is 2.24. The van der Waals surface area contributed by atoms with Gasteiger partial charge in [-0.25, -0.2) is 0 Å². The molecule has 0 aliphatic heterocycles. The van der Waals surface area contributed by atoms with Gasteiger partial charge in [0, 0.05) is 18.7 Å². The number of benzene rings is 1. The number of nitrogens with zero attached hydrogens (tertiary/aromatic N) is 2. The Kier molecular flexibility index (Phi) is 6.54. The summed E-state index contributed by atoms with van der Waals surface area (Å²) in [5.41, 5.74) is 0.748. The number of carbonyl (C=O) groups is 1. The molecule has 0 aliphatic rings. The first-order chi connectivity index (χ1) is 12.8. The Morgan fingerprint density at radius 1 is 1.33 bits per heavy atom. The van der Waals surface area contributed by atoms with Gasteiger partial charge < -0.3 is 9.84 Å². The monoisotopic (exact) mass is 368 g/mol. The number of aryl methyl sites for hydroxylation is 1. The summed E-state index contributed by atoms with van der Waals surface area (Å²) in [4.78, 5) is 25.5. The number of hydrogen-bond donors (Lipinski definition) is 1. The maximum atomic E-state index is 13.0. The van der Waals surface area contributed by atoms with Crippen LogP contribution in [-0.2, 0) is 11.3 Å². The lowest BCUT2D eigenvalue weighted by molar-refractivity contribution is 0.0743. The van der Waals surface area contributed by atoms with Crippen LogP contribution in [0.4, 0.5) is 0 Å². The van der Waals surface area contributed by atoms with E-state index in [2.05, 4.69) is 0 Å². The third kappa shape index (κ3) is 4.44. The molecule has 0 radical (unpaired) electrons. The SMILES string of the molecule is Cc1cccc(C(=O)c2c(C)c(C#N)c(=O)n(CCCOC(C)C)c2O)c1. The molecule has 0 saturated heterocycles. The minimum absolute atomic E-state index is 0.0125. The van der Waals surface area contributed by atoms with E-state index in [1.165, 1.54) is 6.92 Å². The van der Waals surface area contributed by atoms with Crippen LogP contribution in [-0.4, -0.2) is 28.2 Å². The molecule has 2 rings (SSSR count). The van der Waals surface area contributed by atoms with Crippen LogP contribution in [0, 0.1) is 25.2 Å². The van der Waals surface area contributed by atoms with Crippen molar-refractivity contribution >= 4 is 5.78 Å². The molecule has 0 saturated carbocycles. The zero-order chi connectivity index (χ0) is 20.1. The molecule has 0 unspecified atom stereocenters. The van der Waals surface area contributed by atoms with E-state index in [1.54, 1.807) is 18.2 Å². The normalized spacial score (nSPS) is 10.8. The summed E-state index contributed by atoms with van der Waals surface area (Å²) in [5.74, 6) is -0.829. The summed E-state index contributed by atoms with van der Waals surface area (Å²) in [5, 5.41) is 20.1. The van der Waals surface area contributed by atoms with Gasteiger partial charge in [-0.3, -0.25) is 14.2 Å². The van der Waals surface area contributed by atoms with Crippen LogP contribution in [0.3, 0.4) is 0 Å². The van der Waals surface area contributed by atoms with Gasteiger partial charge in [-0.15, -0.1) is 0 Å². The number of ether oxygens (including phenoxy) is 1. The summed E-state index contributed by atoms with van der Waals surface area (Å²) >= 11 is 0. The van der Waals surface area contributed by atoms with Crippen molar-refractivity contribution in [2.75, 3.05) is 6.61 Å². The van der Waals surface area contributed by atoms with Crippen LogP contribution >= 0.6 is 0 Å². The fourth-order valence-corrected chi connectivity index (χ4v) is 2.90. The molecule has 27 heavy (non-hydrogen) atoms. The summed E-state index contributed by atoms with van der Waals surface area (Å²) in [7, 11) is 0. The predicted molar refractivity (Wildman–Crippen MR) is 102 cm³/mol. The van der Waals surface area contributed by atoms with E-state index in [1.807, 2.05) is 32.9 Å². The molecule has 0 atom stereocenters. The van der Waals surface area contributed by atoms with Crippen LogP contribution in [0.2, 0.25) is 0 Å². The second kappa shape index (κ2) is 8.65. The number of aromatic hydroxyl groups is 1. The topological polar surface area (TPSA) is 92.3 Å². The van der Waals surface area contributed by atoms with E-state index in [-0.39, 0.29) is 29.3 Å². The fourth-order valence-electron chi connectivity index (χ4n) is 2.90. The smallest absolute Gasteiger partial charge is 0.271 e. The molecule has 0 spiro atoms. The lowest BCUT2D eigenvalue weighted by Crippen LogP contribution is -2.27. The third-order valence-corrected chi connectivity index (χ3v) is 4.28. The number of rotatable bonds is 7. The molecule has 6 heteroatoms. The molecule has 142 valence electrons. The zero-order valence-electron chi connectivity index (χ0n) is 16.1.